The number of ether oxygens (including phenoxy) is 2. The van der Waals surface area contributed by atoms with Gasteiger partial charge in [0.1, 0.15) is 13.3 Å². The number of isocyanates is 1. The summed E-state index contributed by atoms with van der Waals surface area (Å²) in [5, 5.41) is 17.3. The van der Waals surface area contributed by atoms with Crippen molar-refractivity contribution in [2.75, 3.05) is 6.61 Å². The zero-order valence-corrected chi connectivity index (χ0v) is 17.5. The molecule has 31 heavy (non-hydrogen) atoms. The predicted octanol–water partition coefficient (Wildman–Crippen LogP) is 1.10. The first-order valence-corrected chi connectivity index (χ1v) is 10.1. The lowest BCUT2D eigenvalue weighted by Gasteiger charge is -2.18. The minimum Gasteiger partial charge on any atom is -0.428 e. The predicted molar refractivity (Wildman–Crippen MR) is 107 cm³/mol. The van der Waals surface area contributed by atoms with Crippen LogP contribution in [0.25, 0.3) is 0 Å². The van der Waals surface area contributed by atoms with Gasteiger partial charge in [0, 0.05) is 13.0 Å². The van der Waals surface area contributed by atoms with Gasteiger partial charge < -0.3 is 9.47 Å². The van der Waals surface area contributed by atoms with E-state index in [1.165, 1.54) is 12.3 Å². The molecule has 12 nitrogen and oxygen atoms in total. The van der Waals surface area contributed by atoms with Crippen LogP contribution in [0.2, 0.25) is 0 Å². The van der Waals surface area contributed by atoms with Crippen molar-refractivity contribution in [1.29, 1.82) is 10.5 Å². The average Bonchev–Trinajstić information content (AvgIpc) is 2.75. The molecule has 1 rings (SSSR count). The number of nitrogens with zero attached hydrogens (tertiary/aromatic N) is 6. The summed E-state index contributed by atoms with van der Waals surface area (Å²) in [7, 11) is 0. The van der Waals surface area contributed by atoms with Gasteiger partial charge in [0.25, 0.3) is 12.5 Å². The lowest BCUT2D eigenvalue weighted by atomic mass is 10.2. The van der Waals surface area contributed by atoms with Gasteiger partial charge in [-0.1, -0.05) is 26.2 Å². The van der Waals surface area contributed by atoms with E-state index in [9.17, 15) is 19.2 Å². The molecule has 0 aliphatic carbocycles. The molecular weight excluding hydrogens is 408 g/mol. The molecule has 0 aliphatic rings. The zero-order valence-electron chi connectivity index (χ0n) is 17.5. The van der Waals surface area contributed by atoms with Crippen molar-refractivity contribution in [2.24, 2.45) is 4.99 Å². The third-order valence-electron chi connectivity index (χ3n) is 4.59. The largest absolute Gasteiger partial charge is 0.428 e. The van der Waals surface area contributed by atoms with Crippen molar-refractivity contribution in [1.82, 2.24) is 13.7 Å². The molecule has 168 valence electrons. The molecule has 0 bridgehead atoms. The van der Waals surface area contributed by atoms with Gasteiger partial charge in [-0.05, 0) is 25.7 Å². The molecule has 0 saturated heterocycles. The molecule has 12 heteroatoms. The standard InChI is InChI=1S/C19H26N6O6/c1-2-3-6-9-16(31-13-21)25-18(28)23(10-7-4-5-8-11-30-12-20)17(27)24(19(25)29)14-22-15-26/h16H,2-11,14H2,1H3. The summed E-state index contributed by atoms with van der Waals surface area (Å²) in [5.41, 5.74) is -2.79. The lowest BCUT2D eigenvalue weighted by molar-refractivity contribution is 0.0693. The molecule has 1 aromatic rings. The molecule has 1 aromatic heterocycles. The van der Waals surface area contributed by atoms with Crippen LogP contribution >= 0.6 is 0 Å². The Morgan fingerprint density at radius 1 is 0.935 bits per heavy atom. The van der Waals surface area contributed by atoms with Crippen LogP contribution in [0.3, 0.4) is 0 Å². The molecule has 0 aromatic carbocycles. The van der Waals surface area contributed by atoms with Crippen LogP contribution in [0.4, 0.5) is 0 Å². The number of carbonyl (C=O) groups excluding carboxylic acids is 1. The fourth-order valence-corrected chi connectivity index (χ4v) is 3.02. The Bertz CT molecular complexity index is 1010. The lowest BCUT2D eigenvalue weighted by Crippen LogP contribution is -2.55. The van der Waals surface area contributed by atoms with Gasteiger partial charge in [-0.15, -0.1) is 0 Å². The molecule has 0 amide bonds. The van der Waals surface area contributed by atoms with Gasteiger partial charge in [0.05, 0.1) is 0 Å². The SMILES string of the molecule is CCCCCC(OC#N)n1c(=O)n(CCCCCCOC#N)c(=O)n(CN=C=O)c1=O. The molecule has 1 atom stereocenters. The first-order valence-electron chi connectivity index (χ1n) is 10.1. The van der Waals surface area contributed by atoms with Crippen molar-refractivity contribution >= 4 is 6.08 Å². The quantitative estimate of drug-likeness (QED) is 0.171. The summed E-state index contributed by atoms with van der Waals surface area (Å²) >= 11 is 0. The smallest absolute Gasteiger partial charge is 0.340 e. The van der Waals surface area contributed by atoms with E-state index in [2.05, 4.69) is 9.73 Å². The molecule has 0 saturated carbocycles. The molecule has 0 N–H and O–H groups in total. The van der Waals surface area contributed by atoms with Crippen LogP contribution in [0.1, 0.15) is 64.5 Å². The highest BCUT2D eigenvalue weighted by atomic mass is 16.5. The Hall–Kier alpha value is -3.63. The molecule has 1 heterocycles. The third kappa shape index (κ3) is 7.61. The number of aromatic nitrogens is 3. The Kier molecular flexibility index (Phi) is 11.8. The van der Waals surface area contributed by atoms with Gasteiger partial charge >= 0.3 is 17.1 Å². The highest BCUT2D eigenvalue weighted by Crippen LogP contribution is 2.13. The van der Waals surface area contributed by atoms with Gasteiger partial charge in [0.2, 0.25) is 6.08 Å². The Balaban J connectivity index is 3.25. The van der Waals surface area contributed by atoms with Gasteiger partial charge in [-0.25, -0.2) is 32.9 Å². The topological polar surface area (TPSA) is 161 Å². The number of hydrogen-bond donors (Lipinski definition) is 0. The second kappa shape index (κ2) is 14.4. The highest BCUT2D eigenvalue weighted by Gasteiger charge is 2.23. The number of aliphatic imine (C=N–C) groups is 1. The third-order valence-corrected chi connectivity index (χ3v) is 4.59. The second-order valence-corrected chi connectivity index (χ2v) is 6.70. The first kappa shape index (κ1) is 25.4. The van der Waals surface area contributed by atoms with Crippen LogP contribution < -0.4 is 17.1 Å². The summed E-state index contributed by atoms with van der Waals surface area (Å²) in [6.07, 6.45) is 8.17. The normalized spacial score (nSPS) is 11.1. The summed E-state index contributed by atoms with van der Waals surface area (Å²) < 4.78 is 11.8. The number of nitriles is 2. The summed E-state index contributed by atoms with van der Waals surface area (Å²) in [6.45, 7) is 1.70. The van der Waals surface area contributed by atoms with Crippen molar-refractivity contribution < 1.29 is 14.3 Å². The van der Waals surface area contributed by atoms with E-state index in [0.29, 0.717) is 36.9 Å². The van der Waals surface area contributed by atoms with Crippen molar-refractivity contribution in [3.8, 4) is 12.5 Å². The molecular formula is C19H26N6O6. The van der Waals surface area contributed by atoms with Crippen molar-refractivity contribution in [3.05, 3.63) is 31.5 Å². The second-order valence-electron chi connectivity index (χ2n) is 6.70. The Labute approximate surface area is 178 Å². The number of unbranched alkanes of at least 4 members (excludes halogenated alkanes) is 5. The summed E-state index contributed by atoms with van der Waals surface area (Å²) in [5.74, 6) is 0. The minimum atomic E-state index is -1.17. The molecule has 1 unspecified atom stereocenters. The van der Waals surface area contributed by atoms with E-state index < -0.39 is 30.0 Å². The molecule has 0 fully saturated rings. The average molecular weight is 434 g/mol. The first-order chi connectivity index (χ1) is 15.0. The maximum atomic E-state index is 12.9. The van der Waals surface area contributed by atoms with Crippen LogP contribution in [0.5, 0.6) is 0 Å². The van der Waals surface area contributed by atoms with Gasteiger partial charge in [-0.3, -0.25) is 0 Å². The Morgan fingerprint density at radius 2 is 1.65 bits per heavy atom. The van der Waals surface area contributed by atoms with E-state index in [1.807, 2.05) is 6.92 Å². The summed E-state index contributed by atoms with van der Waals surface area (Å²) in [4.78, 5) is 52.2. The summed E-state index contributed by atoms with van der Waals surface area (Å²) in [6, 6.07) is 0. The van der Waals surface area contributed by atoms with Crippen LogP contribution in [-0.4, -0.2) is 26.4 Å². The van der Waals surface area contributed by atoms with E-state index in [0.717, 1.165) is 28.4 Å². The van der Waals surface area contributed by atoms with Gasteiger partial charge in [-0.2, -0.15) is 15.5 Å². The maximum Gasteiger partial charge on any atom is 0.340 e. The van der Waals surface area contributed by atoms with Crippen molar-refractivity contribution in [2.45, 2.75) is 77.7 Å². The Morgan fingerprint density at radius 3 is 2.29 bits per heavy atom. The van der Waals surface area contributed by atoms with E-state index in [1.54, 1.807) is 6.26 Å². The monoisotopic (exact) mass is 434 g/mol. The molecule has 0 spiro atoms. The fourth-order valence-electron chi connectivity index (χ4n) is 3.02. The van der Waals surface area contributed by atoms with Crippen LogP contribution in [0, 0.1) is 23.0 Å². The zero-order chi connectivity index (χ0) is 23.1. The van der Waals surface area contributed by atoms with Crippen LogP contribution in [0.15, 0.2) is 19.4 Å². The minimum absolute atomic E-state index is 0.0239. The van der Waals surface area contributed by atoms with E-state index in [4.69, 9.17) is 15.3 Å². The fraction of sp³-hybridized carbons (Fsp3) is 0.684. The maximum absolute atomic E-state index is 12.9. The van der Waals surface area contributed by atoms with Gasteiger partial charge in [0.15, 0.2) is 6.23 Å². The highest BCUT2D eigenvalue weighted by molar-refractivity contribution is 5.32. The van der Waals surface area contributed by atoms with E-state index >= 15 is 0 Å². The number of hydrogen-bond acceptors (Lipinski definition) is 9. The van der Waals surface area contributed by atoms with E-state index in [-0.39, 0.29) is 13.0 Å². The molecule has 0 radical (unpaired) electrons. The molecule has 0 aliphatic heterocycles. The van der Waals surface area contributed by atoms with Crippen molar-refractivity contribution in [3.63, 3.8) is 0 Å². The number of rotatable bonds is 15. The van der Waals surface area contributed by atoms with Crippen LogP contribution in [-0.2, 0) is 27.5 Å².